The number of nitrogen functional groups attached to an aromatic ring is 1. The molecule has 1 amide bonds. The van der Waals surface area contributed by atoms with Gasteiger partial charge in [0, 0.05) is 29.2 Å². The van der Waals surface area contributed by atoms with Crippen LogP contribution in [0, 0.1) is 24.4 Å². The number of amides is 1. The fourth-order valence-electron chi connectivity index (χ4n) is 3.57. The van der Waals surface area contributed by atoms with Crippen molar-refractivity contribution in [3.05, 3.63) is 77.1 Å². The van der Waals surface area contributed by atoms with Crippen LogP contribution in [0.15, 0.2) is 42.6 Å². The minimum atomic E-state index is -3.38. The molecule has 0 aliphatic heterocycles. The molecule has 10 nitrogen and oxygen atoms in total. The highest BCUT2D eigenvalue weighted by Crippen LogP contribution is 2.34. The molecule has 4 aromatic rings. The number of carbonyl (C=O) groups excluding carboxylic acids is 1. The smallest absolute Gasteiger partial charge is 0.339 e. The van der Waals surface area contributed by atoms with Crippen LogP contribution in [0.2, 0.25) is 0 Å². The molecule has 1 atom stereocenters. The van der Waals surface area contributed by atoms with E-state index in [2.05, 4.69) is 15.3 Å². The molecule has 2 aromatic heterocycles. The van der Waals surface area contributed by atoms with E-state index in [4.69, 9.17) is 5.73 Å². The van der Waals surface area contributed by atoms with Gasteiger partial charge in [-0.2, -0.15) is 0 Å². The molecular formula is C22H18F3N5O5. The number of aryl methyl sites for hydroxylation is 1. The summed E-state index contributed by atoms with van der Waals surface area (Å²) < 4.78 is 42.9. The van der Waals surface area contributed by atoms with Gasteiger partial charge in [-0.05, 0) is 42.8 Å². The van der Waals surface area contributed by atoms with Crippen LogP contribution in [0.1, 0.15) is 23.2 Å². The quantitative estimate of drug-likeness (QED) is 0.229. The third-order valence-corrected chi connectivity index (χ3v) is 5.10. The highest BCUT2D eigenvalue weighted by atomic mass is 19.1. The number of nitrogens with one attached hydrogen (secondary N) is 1. The predicted molar refractivity (Wildman–Crippen MR) is 116 cm³/mol. The second-order valence-corrected chi connectivity index (χ2v) is 7.68. The maximum atomic E-state index is 15.1. The van der Waals surface area contributed by atoms with E-state index < -0.39 is 41.3 Å². The van der Waals surface area contributed by atoms with Crippen molar-refractivity contribution in [3.8, 4) is 11.3 Å². The average molecular weight is 489 g/mol. The molecule has 2 aromatic carbocycles. The van der Waals surface area contributed by atoms with E-state index in [1.807, 2.05) is 0 Å². The number of rotatable bonds is 5. The molecule has 182 valence electrons. The summed E-state index contributed by atoms with van der Waals surface area (Å²) >= 11 is 0. The number of aliphatic hydroxyl groups is 4. The highest BCUT2D eigenvalue weighted by molar-refractivity contribution is 5.95. The van der Waals surface area contributed by atoms with Gasteiger partial charge in [0.25, 0.3) is 5.91 Å². The van der Waals surface area contributed by atoms with Crippen molar-refractivity contribution in [2.45, 2.75) is 19.0 Å². The Bertz CT molecular complexity index is 1450. The summed E-state index contributed by atoms with van der Waals surface area (Å²) in [4.78, 5) is 20.2. The number of nitrogens with zero attached hydrogens (tertiary/aromatic N) is 3. The number of nitrogens with two attached hydrogens (primary N) is 1. The zero-order chi connectivity index (χ0) is 25.7. The molecule has 13 heteroatoms. The number of hydrogen-bond acceptors (Lipinski definition) is 8. The molecule has 0 spiro atoms. The first-order valence-electron chi connectivity index (χ1n) is 9.92. The maximum Gasteiger partial charge on any atom is 0.339 e. The highest BCUT2D eigenvalue weighted by Gasteiger charge is 2.32. The lowest BCUT2D eigenvalue weighted by Crippen LogP contribution is -2.27. The number of fused-ring (bicyclic) bond motifs is 1. The Hall–Kier alpha value is -4.04. The van der Waals surface area contributed by atoms with Crippen molar-refractivity contribution in [2.75, 3.05) is 11.1 Å². The van der Waals surface area contributed by atoms with Crippen molar-refractivity contribution >= 4 is 22.9 Å². The lowest BCUT2D eigenvalue weighted by Gasteiger charge is -2.13. The van der Waals surface area contributed by atoms with Crippen LogP contribution < -0.4 is 11.1 Å². The fourth-order valence-corrected chi connectivity index (χ4v) is 3.57. The summed E-state index contributed by atoms with van der Waals surface area (Å²) in [7, 11) is 0. The zero-order valence-corrected chi connectivity index (χ0v) is 17.9. The summed E-state index contributed by atoms with van der Waals surface area (Å²) in [5.74, 6) is -8.18. The van der Waals surface area contributed by atoms with Crippen molar-refractivity contribution in [3.63, 3.8) is 0 Å². The molecule has 0 aliphatic carbocycles. The Labute approximate surface area is 194 Å². The van der Waals surface area contributed by atoms with E-state index in [0.717, 1.165) is 22.6 Å². The third kappa shape index (κ3) is 4.52. The van der Waals surface area contributed by atoms with Gasteiger partial charge in [-0.3, -0.25) is 9.20 Å². The Morgan fingerprint density at radius 1 is 1.11 bits per heavy atom. The summed E-state index contributed by atoms with van der Waals surface area (Å²) in [6.45, 7) is 1.52. The van der Waals surface area contributed by atoms with Crippen LogP contribution >= 0.6 is 0 Å². The summed E-state index contributed by atoms with van der Waals surface area (Å²) in [5, 5.41) is 41.5. The van der Waals surface area contributed by atoms with Crippen LogP contribution in [-0.2, 0) is 10.8 Å². The molecule has 35 heavy (non-hydrogen) atoms. The molecule has 7 N–H and O–H groups in total. The van der Waals surface area contributed by atoms with Crippen LogP contribution in [0.4, 0.5) is 24.7 Å². The molecule has 1 unspecified atom stereocenters. The topological polar surface area (TPSA) is 166 Å². The first-order valence-corrected chi connectivity index (χ1v) is 9.92. The zero-order valence-electron chi connectivity index (χ0n) is 17.9. The Morgan fingerprint density at radius 3 is 2.37 bits per heavy atom. The molecule has 0 bridgehead atoms. The summed E-state index contributed by atoms with van der Waals surface area (Å²) in [6.07, 6.45) is -0.656. The van der Waals surface area contributed by atoms with E-state index in [-0.39, 0.29) is 33.8 Å². The maximum absolute atomic E-state index is 15.1. The second kappa shape index (κ2) is 8.63. The number of imidazole rings is 1. The largest absolute Gasteiger partial charge is 0.382 e. The molecule has 0 radical (unpaired) electrons. The van der Waals surface area contributed by atoms with Gasteiger partial charge in [-0.15, -0.1) is 0 Å². The van der Waals surface area contributed by atoms with Crippen molar-refractivity contribution in [1.82, 2.24) is 14.4 Å². The van der Waals surface area contributed by atoms with Crippen LogP contribution in [0.3, 0.4) is 0 Å². The SMILES string of the molecule is Cc1cnc(N)c2c(-c3ccc(NC(=O)C(O)c4cc(F)cc(F)c4)cc3F)nc(C(O)(O)O)n12. The van der Waals surface area contributed by atoms with Crippen molar-refractivity contribution in [1.29, 1.82) is 0 Å². The average Bonchev–Trinajstić information content (AvgIpc) is 3.17. The predicted octanol–water partition coefficient (Wildman–Crippen LogP) is 1.46. The minimum Gasteiger partial charge on any atom is -0.382 e. The molecule has 2 heterocycles. The van der Waals surface area contributed by atoms with Crippen molar-refractivity contribution < 1.29 is 38.4 Å². The minimum absolute atomic E-state index is 0.0132. The van der Waals surface area contributed by atoms with E-state index in [0.29, 0.717) is 11.8 Å². The molecule has 0 fully saturated rings. The normalized spacial score (nSPS) is 12.7. The Morgan fingerprint density at radius 2 is 1.77 bits per heavy atom. The van der Waals surface area contributed by atoms with Crippen LogP contribution in [-0.4, -0.2) is 40.7 Å². The van der Waals surface area contributed by atoms with Gasteiger partial charge in [0.05, 0.1) is 0 Å². The Balaban J connectivity index is 1.70. The number of aliphatic hydroxyl groups excluding tert-OH is 1. The number of aromatic nitrogens is 3. The third-order valence-electron chi connectivity index (χ3n) is 5.10. The first kappa shape index (κ1) is 24.1. The van der Waals surface area contributed by atoms with Gasteiger partial charge in [-0.1, -0.05) is 0 Å². The van der Waals surface area contributed by atoms with Gasteiger partial charge in [0.15, 0.2) is 6.10 Å². The van der Waals surface area contributed by atoms with Gasteiger partial charge < -0.3 is 31.5 Å². The van der Waals surface area contributed by atoms with E-state index in [9.17, 15) is 34.0 Å². The van der Waals surface area contributed by atoms with Gasteiger partial charge >= 0.3 is 5.97 Å². The number of anilines is 2. The molecule has 0 saturated heterocycles. The number of carbonyl (C=O) groups is 1. The monoisotopic (exact) mass is 489 g/mol. The first-order chi connectivity index (χ1) is 16.4. The number of halogens is 3. The lowest BCUT2D eigenvalue weighted by molar-refractivity contribution is -0.329. The van der Waals surface area contributed by atoms with E-state index in [1.54, 1.807) is 0 Å². The number of benzene rings is 2. The van der Waals surface area contributed by atoms with Gasteiger partial charge in [0.1, 0.15) is 34.5 Å². The van der Waals surface area contributed by atoms with Gasteiger partial charge in [0.2, 0.25) is 5.82 Å². The second-order valence-electron chi connectivity index (χ2n) is 7.68. The summed E-state index contributed by atoms with van der Waals surface area (Å²) in [5.41, 5.74) is 5.36. The van der Waals surface area contributed by atoms with E-state index >= 15 is 4.39 Å². The molecule has 0 saturated carbocycles. The lowest BCUT2D eigenvalue weighted by atomic mass is 10.1. The Kier molecular flexibility index (Phi) is 5.94. The molecule has 0 aliphatic rings. The number of hydrogen-bond donors (Lipinski definition) is 6. The molecule has 4 rings (SSSR count). The standard InChI is InChI=1S/C22H18F3N5O5/c1-9-8-27-19(26)17-16(29-21(30(9)17)22(33,34)35)14-3-2-13(7-15(14)25)28-20(32)18(31)10-4-11(23)6-12(24)5-10/h2-8,18,31,33-35H,1H3,(H2,26,27)(H,28,32). The summed E-state index contributed by atoms with van der Waals surface area (Å²) in [6, 6.07) is 5.43. The van der Waals surface area contributed by atoms with Gasteiger partial charge in [-0.25, -0.2) is 23.1 Å². The fraction of sp³-hybridized carbons (Fsp3) is 0.136. The van der Waals surface area contributed by atoms with E-state index in [1.165, 1.54) is 25.3 Å². The van der Waals surface area contributed by atoms with Crippen LogP contribution in [0.25, 0.3) is 16.8 Å². The van der Waals surface area contributed by atoms with Crippen LogP contribution in [0.5, 0.6) is 0 Å². The van der Waals surface area contributed by atoms with Crippen molar-refractivity contribution in [2.24, 2.45) is 0 Å². The molecular weight excluding hydrogens is 471 g/mol.